The molecule has 0 fully saturated rings. The Balaban J connectivity index is 2.63. The van der Waals surface area contributed by atoms with E-state index >= 15 is 0 Å². The molecule has 0 saturated carbocycles. The molecule has 0 saturated heterocycles. The predicted molar refractivity (Wildman–Crippen MR) is 106 cm³/mol. The van der Waals surface area contributed by atoms with Crippen molar-refractivity contribution in [1.29, 1.82) is 5.26 Å². The molecule has 1 aromatic rings. The van der Waals surface area contributed by atoms with Crippen molar-refractivity contribution >= 4 is 6.09 Å². The van der Waals surface area contributed by atoms with Crippen LogP contribution >= 0.6 is 0 Å². The third kappa shape index (κ3) is 10.6. The largest absolute Gasteiger partial charge is 0.444 e. The van der Waals surface area contributed by atoms with Crippen LogP contribution in [0.15, 0.2) is 30.3 Å². The second kappa shape index (κ2) is 11.6. The van der Waals surface area contributed by atoms with Crippen LogP contribution < -0.4 is 10.6 Å². The molecule has 0 spiro atoms. The van der Waals surface area contributed by atoms with Crippen LogP contribution in [0.1, 0.15) is 46.1 Å². The van der Waals surface area contributed by atoms with Gasteiger partial charge in [0.15, 0.2) is 0 Å². The van der Waals surface area contributed by atoms with Gasteiger partial charge < -0.3 is 20.5 Å². The molecular weight excluding hydrogens is 342 g/mol. The topological polar surface area (TPSA) is 94.4 Å². The number of nitriles is 1. The number of benzene rings is 1. The second-order valence-electron chi connectivity index (χ2n) is 7.97. The fourth-order valence-corrected chi connectivity index (χ4v) is 2.64. The van der Waals surface area contributed by atoms with E-state index in [-0.39, 0.29) is 0 Å². The van der Waals surface area contributed by atoms with Crippen LogP contribution in [0.2, 0.25) is 0 Å². The lowest BCUT2D eigenvalue weighted by atomic mass is 10.0. The van der Waals surface area contributed by atoms with Crippen molar-refractivity contribution in [2.24, 2.45) is 5.92 Å². The van der Waals surface area contributed by atoms with Crippen LogP contribution in [0.5, 0.6) is 0 Å². The zero-order valence-electron chi connectivity index (χ0n) is 16.9. The molecule has 0 bridgehead atoms. The Morgan fingerprint density at radius 1 is 1.26 bits per heavy atom. The van der Waals surface area contributed by atoms with Gasteiger partial charge in [-0.2, -0.15) is 5.26 Å². The first-order valence-corrected chi connectivity index (χ1v) is 9.50. The van der Waals surface area contributed by atoms with Crippen molar-refractivity contribution in [3.05, 3.63) is 35.9 Å². The highest BCUT2D eigenvalue weighted by Gasteiger charge is 2.25. The van der Waals surface area contributed by atoms with Gasteiger partial charge in [0.1, 0.15) is 5.60 Å². The minimum Gasteiger partial charge on any atom is -0.444 e. The number of hydrogen-bond acceptors (Lipinski definition) is 5. The number of aliphatic hydroxyl groups is 1. The first kappa shape index (κ1) is 22.9. The summed E-state index contributed by atoms with van der Waals surface area (Å²) in [4.78, 5) is 12.2. The van der Waals surface area contributed by atoms with Crippen molar-refractivity contribution < 1.29 is 14.6 Å². The molecule has 0 radical (unpaired) electrons. The molecule has 3 N–H and O–H groups in total. The quantitative estimate of drug-likeness (QED) is 0.584. The van der Waals surface area contributed by atoms with E-state index in [1.165, 1.54) is 0 Å². The van der Waals surface area contributed by atoms with Gasteiger partial charge >= 0.3 is 6.09 Å². The summed E-state index contributed by atoms with van der Waals surface area (Å²) in [5.41, 5.74) is 0.431. The Morgan fingerprint density at radius 3 is 2.52 bits per heavy atom. The molecule has 27 heavy (non-hydrogen) atoms. The Kier molecular flexibility index (Phi) is 9.84. The number of rotatable bonds is 10. The molecule has 150 valence electrons. The highest BCUT2D eigenvalue weighted by atomic mass is 16.6. The van der Waals surface area contributed by atoms with E-state index in [1.807, 2.05) is 30.3 Å². The number of nitrogens with zero attached hydrogens (tertiary/aromatic N) is 1. The minimum atomic E-state index is -0.763. The first-order chi connectivity index (χ1) is 12.7. The van der Waals surface area contributed by atoms with Gasteiger partial charge in [0, 0.05) is 13.0 Å². The number of nitrogens with one attached hydrogen (secondary N) is 2. The molecule has 0 aliphatic carbocycles. The van der Waals surface area contributed by atoms with Crippen LogP contribution in [0, 0.1) is 17.2 Å². The van der Waals surface area contributed by atoms with Crippen molar-refractivity contribution in [1.82, 2.24) is 10.6 Å². The molecule has 0 aromatic heterocycles. The van der Waals surface area contributed by atoms with E-state index < -0.39 is 23.8 Å². The fourth-order valence-electron chi connectivity index (χ4n) is 2.64. The summed E-state index contributed by atoms with van der Waals surface area (Å²) in [6, 6.07) is 11.4. The van der Waals surface area contributed by atoms with Crippen LogP contribution in [-0.2, 0) is 11.2 Å². The maximum absolute atomic E-state index is 12.2. The minimum absolute atomic E-state index is 0.350. The Hall–Kier alpha value is -2.10. The third-order valence-electron chi connectivity index (χ3n) is 4.06. The highest BCUT2D eigenvalue weighted by molar-refractivity contribution is 5.68. The summed E-state index contributed by atoms with van der Waals surface area (Å²) in [6.45, 7) is 8.54. The maximum atomic E-state index is 12.2. The van der Waals surface area contributed by atoms with E-state index in [4.69, 9.17) is 10.00 Å². The third-order valence-corrected chi connectivity index (χ3v) is 4.06. The molecule has 0 heterocycles. The van der Waals surface area contributed by atoms with Gasteiger partial charge in [0.2, 0.25) is 0 Å². The van der Waals surface area contributed by atoms with Crippen LogP contribution in [0.25, 0.3) is 0 Å². The molecule has 1 amide bonds. The molecule has 0 aliphatic heterocycles. The summed E-state index contributed by atoms with van der Waals surface area (Å²) in [6.07, 6.45) is 0.559. The molecule has 6 heteroatoms. The Labute approximate surface area is 162 Å². The summed E-state index contributed by atoms with van der Waals surface area (Å²) in [5.74, 6) is 0.350. The summed E-state index contributed by atoms with van der Waals surface area (Å²) in [7, 11) is 0. The molecule has 1 rings (SSSR count). The van der Waals surface area contributed by atoms with Gasteiger partial charge in [0.05, 0.1) is 18.2 Å². The van der Waals surface area contributed by atoms with Crippen molar-refractivity contribution in [2.75, 3.05) is 13.1 Å². The number of carbonyl (C=O) groups is 1. The molecular formula is C21H33N3O3. The van der Waals surface area contributed by atoms with Crippen molar-refractivity contribution in [3.8, 4) is 6.07 Å². The monoisotopic (exact) mass is 375 g/mol. The van der Waals surface area contributed by atoms with E-state index in [0.29, 0.717) is 31.8 Å². The average Bonchev–Trinajstić information content (AvgIpc) is 2.58. The van der Waals surface area contributed by atoms with E-state index in [2.05, 4.69) is 23.6 Å². The maximum Gasteiger partial charge on any atom is 0.407 e. The van der Waals surface area contributed by atoms with Crippen LogP contribution in [-0.4, -0.2) is 42.0 Å². The summed E-state index contributed by atoms with van der Waals surface area (Å²) >= 11 is 0. The lowest BCUT2D eigenvalue weighted by Crippen LogP contribution is -2.50. The molecule has 6 nitrogen and oxygen atoms in total. The molecule has 3 atom stereocenters. The SMILES string of the molecule is CC(CCC#N)CNC[C@@H](O)[C@H](Cc1ccccc1)NC(=O)OC(C)(C)C. The lowest BCUT2D eigenvalue weighted by molar-refractivity contribution is 0.0422. The van der Waals surface area contributed by atoms with Crippen LogP contribution in [0.4, 0.5) is 4.79 Å². The van der Waals surface area contributed by atoms with Gasteiger partial charge in [-0.05, 0) is 51.6 Å². The van der Waals surface area contributed by atoms with Gasteiger partial charge in [-0.3, -0.25) is 0 Å². The molecule has 0 aliphatic rings. The molecule has 1 aromatic carbocycles. The number of hydrogen-bond donors (Lipinski definition) is 3. The predicted octanol–water partition coefficient (Wildman–Crippen LogP) is 3.01. The molecule has 1 unspecified atom stereocenters. The fraction of sp³-hybridized carbons (Fsp3) is 0.619. The van der Waals surface area contributed by atoms with Crippen LogP contribution in [0.3, 0.4) is 0 Å². The number of amides is 1. The zero-order valence-corrected chi connectivity index (χ0v) is 16.9. The number of carbonyl (C=O) groups excluding carboxylic acids is 1. The standard InChI is InChI=1S/C21H33N3O3/c1-16(9-8-12-22)14-23-15-19(25)18(13-17-10-6-5-7-11-17)24-20(26)27-21(2,3)4/h5-7,10-11,16,18-19,23,25H,8-9,13-15H2,1-4H3,(H,24,26)/t16?,18-,19+/m0/s1. The Morgan fingerprint density at radius 2 is 1.93 bits per heavy atom. The number of ether oxygens (including phenoxy) is 1. The summed E-state index contributed by atoms with van der Waals surface area (Å²) in [5, 5.41) is 25.3. The van der Waals surface area contributed by atoms with Gasteiger partial charge in [-0.25, -0.2) is 4.79 Å². The van der Waals surface area contributed by atoms with E-state index in [9.17, 15) is 9.90 Å². The lowest BCUT2D eigenvalue weighted by Gasteiger charge is -2.27. The van der Waals surface area contributed by atoms with Gasteiger partial charge in [-0.1, -0.05) is 37.3 Å². The van der Waals surface area contributed by atoms with Crippen molar-refractivity contribution in [3.63, 3.8) is 0 Å². The average molecular weight is 376 g/mol. The number of aliphatic hydroxyl groups excluding tert-OH is 1. The smallest absolute Gasteiger partial charge is 0.407 e. The Bertz CT molecular complexity index is 593. The van der Waals surface area contributed by atoms with Gasteiger partial charge in [-0.15, -0.1) is 0 Å². The van der Waals surface area contributed by atoms with Gasteiger partial charge in [0.25, 0.3) is 0 Å². The highest BCUT2D eigenvalue weighted by Crippen LogP contribution is 2.10. The second-order valence-corrected chi connectivity index (χ2v) is 7.97. The number of alkyl carbamates (subject to hydrolysis) is 1. The van der Waals surface area contributed by atoms with E-state index in [1.54, 1.807) is 20.8 Å². The normalized spacial score (nSPS) is 14.7. The van der Waals surface area contributed by atoms with E-state index in [0.717, 1.165) is 12.0 Å². The first-order valence-electron chi connectivity index (χ1n) is 9.50. The summed E-state index contributed by atoms with van der Waals surface area (Å²) < 4.78 is 5.33. The zero-order chi connectivity index (χ0) is 20.3. The van der Waals surface area contributed by atoms with Crippen molar-refractivity contribution in [2.45, 2.75) is 64.7 Å².